The summed E-state index contributed by atoms with van der Waals surface area (Å²) >= 11 is 0. The number of hydrogen-bond donors (Lipinski definition) is 0. The van der Waals surface area contributed by atoms with Gasteiger partial charge >= 0.3 is 17.9 Å². The van der Waals surface area contributed by atoms with Crippen LogP contribution in [0, 0.1) is 0 Å². The minimum Gasteiger partial charge on any atom is -0.462 e. The molecular weight excluding hydrogens is 1010 g/mol. The van der Waals surface area contributed by atoms with Crippen LogP contribution in [-0.2, 0) is 28.6 Å². The Morgan fingerprint density at radius 1 is 0.256 bits per heavy atom. The van der Waals surface area contributed by atoms with Crippen molar-refractivity contribution in [1.29, 1.82) is 0 Å². The maximum atomic E-state index is 12.9. The number of hydrogen-bond acceptors (Lipinski definition) is 6. The van der Waals surface area contributed by atoms with Gasteiger partial charge in [-0.3, -0.25) is 14.4 Å². The number of carbonyl (C=O) groups excluding carboxylic acids is 3. The summed E-state index contributed by atoms with van der Waals surface area (Å²) in [6, 6.07) is 0. The van der Waals surface area contributed by atoms with Gasteiger partial charge in [-0.1, -0.05) is 323 Å². The second-order valence-corrected chi connectivity index (χ2v) is 23.4. The summed E-state index contributed by atoms with van der Waals surface area (Å²) in [7, 11) is 0. The van der Waals surface area contributed by atoms with Gasteiger partial charge in [0.15, 0.2) is 6.10 Å². The molecule has 0 N–H and O–H groups in total. The highest BCUT2D eigenvalue weighted by Gasteiger charge is 2.19. The Hall–Kier alpha value is -3.67. The highest BCUT2D eigenvalue weighted by Crippen LogP contribution is 2.17. The van der Waals surface area contributed by atoms with Gasteiger partial charge in [0.25, 0.3) is 0 Å². The predicted octanol–water partition coefficient (Wildman–Crippen LogP) is 24.4. The van der Waals surface area contributed by atoms with Crippen LogP contribution >= 0.6 is 0 Å². The van der Waals surface area contributed by atoms with Gasteiger partial charge < -0.3 is 14.2 Å². The molecular formula is C76H132O6. The van der Waals surface area contributed by atoms with Crippen molar-refractivity contribution in [3.8, 4) is 0 Å². The molecule has 82 heavy (non-hydrogen) atoms. The van der Waals surface area contributed by atoms with Crippen molar-refractivity contribution >= 4 is 17.9 Å². The molecule has 0 aromatic rings. The lowest BCUT2D eigenvalue weighted by Crippen LogP contribution is -2.30. The molecule has 0 aliphatic rings. The number of unbranched alkanes of at least 4 members (excludes halogenated alkanes) is 37. The van der Waals surface area contributed by atoms with E-state index in [9.17, 15) is 14.4 Å². The molecule has 0 radical (unpaired) electrons. The molecule has 6 nitrogen and oxygen atoms in total. The van der Waals surface area contributed by atoms with Crippen molar-refractivity contribution in [2.45, 2.75) is 354 Å². The standard InChI is InChI=1S/C76H132O6/c1-4-7-10-13-16-19-22-24-26-28-30-31-32-33-34-35-36-37-38-39-40-41-42-43-44-45-47-48-50-52-54-57-60-63-66-69-75(78)81-72-73(71-80-74(77)68-65-62-59-56-21-18-15-12-9-6-3)82-76(79)70-67-64-61-58-55-53-51-49-46-29-27-25-23-20-17-14-11-8-5-2/h7,10,16-17,19-20,24-27,30-31,33-34,46,49,73H,4-6,8-9,11-15,18,21-23,28-29,32,35-45,47-48,50-72H2,1-3H3/b10-7-,19-16-,20-17-,26-24-,27-25-,31-30-,34-33-,49-46-. The molecule has 0 heterocycles. The molecule has 1 unspecified atom stereocenters. The number of rotatable bonds is 64. The van der Waals surface area contributed by atoms with Crippen molar-refractivity contribution < 1.29 is 28.6 Å². The second-order valence-electron chi connectivity index (χ2n) is 23.4. The smallest absolute Gasteiger partial charge is 0.306 e. The molecule has 0 fully saturated rings. The van der Waals surface area contributed by atoms with E-state index in [1.54, 1.807) is 0 Å². The van der Waals surface area contributed by atoms with Gasteiger partial charge in [-0.05, 0) is 103 Å². The first-order chi connectivity index (χ1) is 40.5. The molecule has 1 atom stereocenters. The Labute approximate surface area is 508 Å². The quantitative estimate of drug-likeness (QED) is 0.0261. The van der Waals surface area contributed by atoms with Crippen LogP contribution in [0.5, 0.6) is 0 Å². The van der Waals surface area contributed by atoms with Crippen LogP contribution in [0.25, 0.3) is 0 Å². The molecule has 0 spiro atoms. The van der Waals surface area contributed by atoms with E-state index in [2.05, 4.69) is 118 Å². The van der Waals surface area contributed by atoms with E-state index in [0.29, 0.717) is 19.3 Å². The molecule has 0 rings (SSSR count). The Kier molecular flexibility index (Phi) is 66.7. The van der Waals surface area contributed by atoms with Crippen LogP contribution < -0.4 is 0 Å². The molecule has 0 bridgehead atoms. The fraction of sp³-hybridized carbons (Fsp3) is 0.750. The van der Waals surface area contributed by atoms with Crippen LogP contribution in [0.15, 0.2) is 97.2 Å². The molecule has 0 amide bonds. The lowest BCUT2D eigenvalue weighted by molar-refractivity contribution is -0.167. The maximum absolute atomic E-state index is 12.9. The highest BCUT2D eigenvalue weighted by molar-refractivity contribution is 5.71. The van der Waals surface area contributed by atoms with E-state index in [4.69, 9.17) is 14.2 Å². The van der Waals surface area contributed by atoms with Gasteiger partial charge in [-0.15, -0.1) is 0 Å². The lowest BCUT2D eigenvalue weighted by Gasteiger charge is -2.18. The van der Waals surface area contributed by atoms with Gasteiger partial charge in [0.1, 0.15) is 13.2 Å². The van der Waals surface area contributed by atoms with Crippen molar-refractivity contribution in [2.75, 3.05) is 13.2 Å². The first kappa shape index (κ1) is 78.3. The van der Waals surface area contributed by atoms with Crippen molar-refractivity contribution in [3.63, 3.8) is 0 Å². The Morgan fingerprint density at radius 2 is 0.476 bits per heavy atom. The molecule has 0 aromatic heterocycles. The largest absolute Gasteiger partial charge is 0.462 e. The minimum atomic E-state index is -0.781. The number of esters is 3. The lowest BCUT2D eigenvalue weighted by atomic mass is 10.0. The number of ether oxygens (including phenoxy) is 3. The average Bonchev–Trinajstić information content (AvgIpc) is 3.48. The summed E-state index contributed by atoms with van der Waals surface area (Å²) in [5, 5.41) is 0. The molecule has 0 aliphatic heterocycles. The van der Waals surface area contributed by atoms with E-state index in [1.165, 1.54) is 193 Å². The van der Waals surface area contributed by atoms with Crippen LogP contribution in [0.1, 0.15) is 348 Å². The summed E-state index contributed by atoms with van der Waals surface area (Å²) in [4.78, 5) is 38.3. The van der Waals surface area contributed by atoms with Crippen molar-refractivity contribution in [3.05, 3.63) is 97.2 Å². The van der Waals surface area contributed by atoms with E-state index >= 15 is 0 Å². The third-order valence-corrected chi connectivity index (χ3v) is 15.3. The molecule has 0 aliphatic carbocycles. The summed E-state index contributed by atoms with van der Waals surface area (Å²) in [6.45, 7) is 6.51. The first-order valence-electron chi connectivity index (χ1n) is 35.2. The summed E-state index contributed by atoms with van der Waals surface area (Å²) in [5.41, 5.74) is 0. The molecule has 472 valence electrons. The van der Waals surface area contributed by atoms with Gasteiger partial charge in [0.05, 0.1) is 0 Å². The first-order valence-corrected chi connectivity index (χ1v) is 35.2. The predicted molar refractivity (Wildman–Crippen MR) is 357 cm³/mol. The zero-order chi connectivity index (χ0) is 59.2. The van der Waals surface area contributed by atoms with Crippen molar-refractivity contribution in [2.24, 2.45) is 0 Å². The van der Waals surface area contributed by atoms with Crippen molar-refractivity contribution in [1.82, 2.24) is 0 Å². The Balaban J connectivity index is 4.10. The maximum Gasteiger partial charge on any atom is 0.306 e. The molecule has 0 saturated heterocycles. The zero-order valence-corrected chi connectivity index (χ0v) is 54.2. The zero-order valence-electron chi connectivity index (χ0n) is 54.2. The Morgan fingerprint density at radius 3 is 0.768 bits per heavy atom. The van der Waals surface area contributed by atoms with E-state index in [0.717, 1.165) is 116 Å². The van der Waals surface area contributed by atoms with Crippen LogP contribution in [0.4, 0.5) is 0 Å². The van der Waals surface area contributed by atoms with Crippen LogP contribution in [0.3, 0.4) is 0 Å². The number of carbonyl (C=O) groups is 3. The fourth-order valence-electron chi connectivity index (χ4n) is 10.1. The van der Waals surface area contributed by atoms with Crippen LogP contribution in [-0.4, -0.2) is 37.2 Å². The minimum absolute atomic E-state index is 0.0775. The summed E-state index contributed by atoms with van der Waals surface area (Å²) < 4.78 is 16.9. The third kappa shape index (κ3) is 67.1. The molecule has 0 saturated carbocycles. The summed E-state index contributed by atoms with van der Waals surface area (Å²) in [6.07, 6.45) is 94.5. The van der Waals surface area contributed by atoms with Gasteiger partial charge in [-0.2, -0.15) is 0 Å². The van der Waals surface area contributed by atoms with E-state index < -0.39 is 6.10 Å². The monoisotopic (exact) mass is 1140 g/mol. The van der Waals surface area contributed by atoms with Gasteiger partial charge in [-0.25, -0.2) is 0 Å². The van der Waals surface area contributed by atoms with E-state index in [-0.39, 0.29) is 31.1 Å². The SMILES string of the molecule is CC/C=C\C/C=C\C/C=C\C/C=C\C/C=C\CCCCCCCCCCCCCCCCCCCCCC(=O)OCC(COC(=O)CCCCCCCCCCCC)OC(=O)CCCCCCCC/C=C\C/C=C\C/C=C\CCCCC. The summed E-state index contributed by atoms with van der Waals surface area (Å²) in [5.74, 6) is -0.875. The molecule has 0 aromatic carbocycles. The average molecular weight is 1140 g/mol. The van der Waals surface area contributed by atoms with Gasteiger partial charge in [0.2, 0.25) is 0 Å². The highest BCUT2D eigenvalue weighted by atomic mass is 16.6. The third-order valence-electron chi connectivity index (χ3n) is 15.3. The van der Waals surface area contributed by atoms with E-state index in [1.807, 2.05) is 0 Å². The fourth-order valence-corrected chi connectivity index (χ4v) is 10.1. The van der Waals surface area contributed by atoms with Crippen LogP contribution in [0.2, 0.25) is 0 Å². The second kappa shape index (κ2) is 69.8. The topological polar surface area (TPSA) is 78.9 Å². The normalized spacial score (nSPS) is 12.7. The molecule has 6 heteroatoms. The number of allylic oxidation sites excluding steroid dienone is 16. The Bertz CT molecular complexity index is 1590. The van der Waals surface area contributed by atoms with Gasteiger partial charge in [0, 0.05) is 19.3 Å².